The van der Waals surface area contributed by atoms with E-state index in [4.69, 9.17) is 15.9 Å². The number of hydrogen-bond donors (Lipinski definition) is 4. The van der Waals surface area contributed by atoms with Crippen LogP contribution in [0.5, 0.6) is 0 Å². The van der Waals surface area contributed by atoms with Crippen LogP contribution in [-0.4, -0.2) is 34.7 Å². The van der Waals surface area contributed by atoms with E-state index in [1.54, 1.807) is 0 Å². The number of rotatable bonds is 5. The average Bonchev–Trinajstić information content (AvgIpc) is 1.88. The molecule has 0 aliphatic heterocycles. The molecule has 0 aliphatic rings. The summed E-state index contributed by atoms with van der Waals surface area (Å²) in [6, 6.07) is -0.765. The van der Waals surface area contributed by atoms with Crippen LogP contribution in [0.25, 0.3) is 0 Å². The number of aliphatic hydroxyl groups is 1. The van der Waals surface area contributed by atoms with Crippen molar-refractivity contribution in [2.75, 3.05) is 12.5 Å². The normalized spacial score (nSPS) is 12.9. The van der Waals surface area contributed by atoms with Gasteiger partial charge in [0.2, 0.25) is 0 Å². The lowest BCUT2D eigenvalue weighted by atomic mass is 10.2. The van der Waals surface area contributed by atoms with Gasteiger partial charge in [-0.25, -0.2) is 0 Å². The first-order valence-electron chi connectivity index (χ1n) is 2.98. The van der Waals surface area contributed by atoms with Crippen LogP contribution in [0.1, 0.15) is 6.42 Å². The fraction of sp³-hybridized carbons (Fsp3) is 0.800. The van der Waals surface area contributed by atoms with Gasteiger partial charge in [0.25, 0.3) is 0 Å². The molecule has 0 aromatic rings. The minimum absolute atomic E-state index is 0. The van der Waals surface area contributed by atoms with E-state index in [0.717, 1.165) is 0 Å². The van der Waals surface area contributed by atoms with Gasteiger partial charge in [-0.1, -0.05) is 8.58 Å². The molecule has 0 aromatic heterocycles. The number of hydrogen-bond acceptors (Lipinski definition) is 4. The van der Waals surface area contributed by atoms with E-state index in [1.165, 1.54) is 0 Å². The first-order chi connectivity index (χ1) is 4.68. The van der Waals surface area contributed by atoms with Crippen LogP contribution in [0.3, 0.4) is 0 Å². The van der Waals surface area contributed by atoms with E-state index in [2.05, 4.69) is 0 Å². The van der Waals surface area contributed by atoms with Crippen molar-refractivity contribution < 1.29 is 15.0 Å². The smallest absolute Gasteiger partial charge is 0.320 e. The molecule has 0 saturated heterocycles. The topological polar surface area (TPSA) is 119 Å². The van der Waals surface area contributed by atoms with Crippen LogP contribution in [0.15, 0.2) is 0 Å². The van der Waals surface area contributed by atoms with Crippen molar-refractivity contribution >= 4 is 14.6 Å². The van der Waals surface area contributed by atoms with Gasteiger partial charge in [-0.15, -0.1) is 0 Å². The Labute approximate surface area is 67.3 Å². The molecular formula is C5H15N2O3P. The zero-order valence-corrected chi connectivity index (χ0v) is 7.29. The fourth-order valence-electron chi connectivity index (χ4n) is 0.460. The molecule has 0 radical (unpaired) electrons. The van der Waals surface area contributed by atoms with E-state index < -0.39 is 12.0 Å². The van der Waals surface area contributed by atoms with Crippen molar-refractivity contribution in [1.82, 2.24) is 6.15 Å². The van der Waals surface area contributed by atoms with Crippen LogP contribution in [0, 0.1) is 0 Å². The van der Waals surface area contributed by atoms with E-state index in [-0.39, 0.29) is 12.5 Å². The van der Waals surface area contributed by atoms with Crippen LogP contribution >= 0.6 is 8.58 Å². The minimum atomic E-state index is -0.970. The molecule has 0 aromatic carbocycles. The van der Waals surface area contributed by atoms with E-state index in [9.17, 15) is 4.79 Å². The second-order valence-electron chi connectivity index (χ2n) is 1.89. The molecule has 11 heavy (non-hydrogen) atoms. The minimum Gasteiger partial charge on any atom is -0.480 e. The van der Waals surface area contributed by atoms with Gasteiger partial charge in [0, 0.05) is 0 Å². The maximum Gasteiger partial charge on any atom is 0.320 e. The fourth-order valence-corrected chi connectivity index (χ4v) is 1.13. The number of carboxylic acids is 1. The number of aliphatic carboxylic acids is 1. The highest BCUT2D eigenvalue weighted by molar-refractivity contribution is 7.37. The van der Waals surface area contributed by atoms with Crippen molar-refractivity contribution in [3.63, 3.8) is 0 Å². The lowest BCUT2D eigenvalue weighted by Crippen LogP contribution is -2.30. The Balaban J connectivity index is 0. The third kappa shape index (κ3) is 7.68. The van der Waals surface area contributed by atoms with E-state index >= 15 is 0 Å². The molecule has 5 nitrogen and oxygen atoms in total. The Bertz CT molecular complexity index is 112. The third-order valence-electron chi connectivity index (χ3n) is 1.06. The van der Waals surface area contributed by atoms with Gasteiger partial charge in [-0.2, -0.15) is 0 Å². The second kappa shape index (κ2) is 7.88. The van der Waals surface area contributed by atoms with Crippen molar-refractivity contribution in [1.29, 1.82) is 0 Å². The van der Waals surface area contributed by atoms with Crippen molar-refractivity contribution in [3.05, 3.63) is 0 Å². The third-order valence-corrected chi connectivity index (χ3v) is 1.93. The number of carboxylic acid groups (broad SMARTS) is 1. The molecule has 7 N–H and O–H groups in total. The molecular weight excluding hydrogens is 167 g/mol. The summed E-state index contributed by atoms with van der Waals surface area (Å²) in [5.41, 5.74) is 5.18. The predicted molar refractivity (Wildman–Crippen MR) is 45.5 cm³/mol. The molecule has 0 spiro atoms. The summed E-state index contributed by atoms with van der Waals surface area (Å²) in [7, 11) is 0.413. The average molecular weight is 182 g/mol. The zero-order chi connectivity index (χ0) is 7.98. The monoisotopic (exact) mass is 182 g/mol. The molecule has 68 valence electrons. The van der Waals surface area contributed by atoms with Gasteiger partial charge in [-0.3, -0.25) is 4.79 Å². The molecule has 0 bridgehead atoms. The summed E-state index contributed by atoms with van der Waals surface area (Å²) in [5.74, 6) is -0.970. The maximum absolute atomic E-state index is 10.1. The Morgan fingerprint density at radius 1 is 1.64 bits per heavy atom. The molecule has 0 heterocycles. The molecule has 0 rings (SSSR count). The van der Waals surface area contributed by atoms with Gasteiger partial charge < -0.3 is 22.1 Å². The zero-order valence-electron chi connectivity index (χ0n) is 6.29. The van der Waals surface area contributed by atoms with E-state index in [1.807, 2.05) is 0 Å². The lowest BCUT2D eigenvalue weighted by Gasteiger charge is -2.03. The molecule has 0 saturated carbocycles. The largest absolute Gasteiger partial charge is 0.480 e. The summed E-state index contributed by atoms with van der Waals surface area (Å²) in [4.78, 5) is 10.1. The van der Waals surface area contributed by atoms with Crippen molar-refractivity contribution in [3.8, 4) is 0 Å². The van der Waals surface area contributed by atoms with Gasteiger partial charge in [-0.05, 0) is 12.6 Å². The highest BCUT2D eigenvalue weighted by Gasteiger charge is 2.09. The molecule has 1 unspecified atom stereocenters. The first-order valence-corrected chi connectivity index (χ1v) is 4.40. The summed E-state index contributed by atoms with van der Waals surface area (Å²) in [6.45, 7) is 0. The summed E-state index contributed by atoms with van der Waals surface area (Å²) in [6.07, 6.45) is 1.28. The van der Waals surface area contributed by atoms with Crippen LogP contribution < -0.4 is 11.9 Å². The highest BCUT2D eigenvalue weighted by atomic mass is 31.1. The van der Waals surface area contributed by atoms with Crippen molar-refractivity contribution in [2.45, 2.75) is 12.5 Å². The highest BCUT2D eigenvalue weighted by Crippen LogP contribution is 2.09. The summed E-state index contributed by atoms with van der Waals surface area (Å²) in [5, 5.41) is 16.6. The Morgan fingerprint density at radius 2 is 2.18 bits per heavy atom. The molecule has 0 fully saturated rings. The number of carbonyl (C=O) groups is 1. The van der Waals surface area contributed by atoms with Crippen LogP contribution in [0.2, 0.25) is 0 Å². The Morgan fingerprint density at radius 3 is 2.55 bits per heavy atom. The Kier molecular flexibility index (Phi) is 9.58. The maximum atomic E-state index is 10.1. The lowest BCUT2D eigenvalue weighted by molar-refractivity contribution is -0.138. The second-order valence-corrected chi connectivity index (χ2v) is 3.21. The molecule has 0 aliphatic carbocycles. The van der Waals surface area contributed by atoms with Gasteiger partial charge in [0.15, 0.2) is 0 Å². The van der Waals surface area contributed by atoms with Gasteiger partial charge in [0.1, 0.15) is 6.04 Å². The SMILES string of the molecule is N.N[C@H](CCPCO)C(=O)O. The first kappa shape index (κ1) is 13.4. The molecule has 0 amide bonds. The van der Waals surface area contributed by atoms with Gasteiger partial charge in [0.05, 0.1) is 6.35 Å². The van der Waals surface area contributed by atoms with Crippen LogP contribution in [0.4, 0.5) is 0 Å². The number of nitrogens with two attached hydrogens (primary N) is 1. The van der Waals surface area contributed by atoms with Crippen molar-refractivity contribution in [2.24, 2.45) is 5.73 Å². The van der Waals surface area contributed by atoms with Crippen LogP contribution in [-0.2, 0) is 4.79 Å². The summed E-state index contributed by atoms with van der Waals surface area (Å²) >= 11 is 0. The quantitative estimate of drug-likeness (QED) is 0.340. The molecule has 6 heteroatoms. The van der Waals surface area contributed by atoms with E-state index in [0.29, 0.717) is 21.2 Å². The standard InChI is InChI=1S/C5H12NO3P.H3N/c6-4(5(8)9)1-2-10-3-7;/h4,7,10H,1-3,6H2,(H,8,9);1H3/t4-;/m1./s1. The van der Waals surface area contributed by atoms with Gasteiger partial charge >= 0.3 is 5.97 Å². The summed E-state index contributed by atoms with van der Waals surface area (Å²) < 4.78 is 0. The Hall–Kier alpha value is -0.220. The predicted octanol–water partition coefficient (Wildman–Crippen LogP) is -0.421. The molecule has 2 atom stereocenters. The number of aliphatic hydroxyl groups excluding tert-OH is 1.